The van der Waals surface area contributed by atoms with E-state index in [4.69, 9.17) is 9.98 Å². The predicted octanol–water partition coefficient (Wildman–Crippen LogP) is 8.94. The van der Waals surface area contributed by atoms with E-state index in [2.05, 4.69) is 134 Å². The van der Waals surface area contributed by atoms with E-state index in [0.29, 0.717) is 5.96 Å². The quantitative estimate of drug-likeness (QED) is 0.334. The molecule has 7 nitrogen and oxygen atoms in total. The maximum Gasteiger partial charge on any atom is 0.235 e. The van der Waals surface area contributed by atoms with Crippen molar-refractivity contribution in [1.29, 1.82) is 0 Å². The molecular weight excluding hydrogens is 578 g/mol. The molecule has 5 aliphatic heterocycles. The summed E-state index contributed by atoms with van der Waals surface area (Å²) in [5.41, 5.74) is 10.8. The Hall–Kier alpha value is -4.26. The van der Waals surface area contributed by atoms with E-state index in [1.165, 1.54) is 49.9 Å². The number of benzene rings is 2. The molecule has 0 unspecified atom stereocenters. The van der Waals surface area contributed by atoms with Crippen molar-refractivity contribution < 1.29 is 0 Å². The van der Waals surface area contributed by atoms with Crippen molar-refractivity contribution in [3.05, 3.63) is 89.3 Å². The number of hydrogen-bond acceptors (Lipinski definition) is 7. The van der Waals surface area contributed by atoms with Gasteiger partial charge >= 0.3 is 0 Å². The average Bonchev–Trinajstić information content (AvgIpc) is 3.04. The smallest absolute Gasteiger partial charge is 0.235 e. The normalized spacial score (nSPS) is 19.7. The summed E-state index contributed by atoms with van der Waals surface area (Å²) in [7, 11) is 0. The van der Waals surface area contributed by atoms with Gasteiger partial charge in [0.1, 0.15) is 0 Å². The monoisotopic (exact) mass is 629 g/mol. The maximum atomic E-state index is 5.28. The molecule has 0 aliphatic carbocycles. The van der Waals surface area contributed by atoms with Gasteiger partial charge in [0.05, 0.1) is 22.8 Å². The number of aliphatic imine (C=N–C) groups is 2. The predicted molar refractivity (Wildman–Crippen MR) is 201 cm³/mol. The van der Waals surface area contributed by atoms with Crippen molar-refractivity contribution >= 4 is 40.1 Å². The molecule has 0 bridgehead atoms. The lowest BCUT2D eigenvalue weighted by Gasteiger charge is -2.35. The summed E-state index contributed by atoms with van der Waals surface area (Å²) in [5.74, 6) is 0.703. The lowest BCUT2D eigenvalue weighted by atomic mass is 9.98. The fourth-order valence-electron chi connectivity index (χ4n) is 7.18. The number of guanidine groups is 1. The maximum absolute atomic E-state index is 5.28. The zero-order valence-corrected chi connectivity index (χ0v) is 29.2. The van der Waals surface area contributed by atoms with E-state index in [9.17, 15) is 0 Å². The molecule has 47 heavy (non-hydrogen) atoms. The fraction of sp³-hybridized carbons (Fsp3) is 0.450. The highest BCUT2D eigenvalue weighted by molar-refractivity contribution is 6.20. The fourth-order valence-corrected chi connectivity index (χ4v) is 7.18. The molecule has 5 heterocycles. The standard InChI is InChI=1S/C40H51N7/c1-39(2,3)43-36-24-28(45-20-9-7-10-21-45)16-18-32(36)34-26-30-14-13-15-31-27-35(42-38(41-34)47(30)31)33-19-17-29(46-22-11-8-12-23-46)25-37(33)44-40(4,5)6/h13-19,24-27,43-44H,7-12,20-23H2,1-6H3. The second-order valence-corrected chi connectivity index (χ2v) is 15.6. The largest absolute Gasteiger partial charge is 0.380 e. The van der Waals surface area contributed by atoms with Gasteiger partial charge in [-0.2, -0.15) is 0 Å². The van der Waals surface area contributed by atoms with Crippen LogP contribution in [-0.2, 0) is 0 Å². The number of piperidine rings is 2. The lowest BCUT2D eigenvalue weighted by molar-refractivity contribution is 0.577. The molecule has 2 aromatic carbocycles. The summed E-state index contributed by atoms with van der Waals surface area (Å²) in [6.07, 6.45) is 18.5. The Balaban J connectivity index is 1.29. The van der Waals surface area contributed by atoms with Gasteiger partial charge in [-0.15, -0.1) is 0 Å². The molecule has 0 radical (unpaired) electrons. The molecule has 2 saturated heterocycles. The summed E-state index contributed by atoms with van der Waals surface area (Å²) in [4.78, 5) is 17.8. The third kappa shape index (κ3) is 6.90. The third-order valence-corrected chi connectivity index (χ3v) is 9.28. The summed E-state index contributed by atoms with van der Waals surface area (Å²) in [6.45, 7) is 17.8. The molecule has 2 fully saturated rings. The molecule has 0 atom stereocenters. The van der Waals surface area contributed by atoms with Crippen molar-refractivity contribution in [3.63, 3.8) is 0 Å². The molecule has 246 valence electrons. The summed E-state index contributed by atoms with van der Waals surface area (Å²) < 4.78 is 0. The van der Waals surface area contributed by atoms with Crippen molar-refractivity contribution in [3.8, 4) is 0 Å². The molecule has 0 amide bonds. The summed E-state index contributed by atoms with van der Waals surface area (Å²) in [6, 6.07) is 13.7. The first-order chi connectivity index (χ1) is 22.5. The van der Waals surface area contributed by atoms with Crippen LogP contribution in [0.5, 0.6) is 0 Å². The van der Waals surface area contributed by atoms with Crippen LogP contribution in [0.15, 0.2) is 88.2 Å². The zero-order valence-electron chi connectivity index (χ0n) is 29.2. The van der Waals surface area contributed by atoms with E-state index in [1.54, 1.807) is 0 Å². The van der Waals surface area contributed by atoms with Crippen molar-refractivity contribution in [2.45, 2.75) is 91.1 Å². The Morgan fingerprint density at radius 3 is 1.74 bits per heavy atom. The number of nitrogens with zero attached hydrogens (tertiary/aromatic N) is 5. The van der Waals surface area contributed by atoms with Crippen molar-refractivity contribution in [1.82, 2.24) is 4.90 Å². The second-order valence-electron chi connectivity index (χ2n) is 15.6. The van der Waals surface area contributed by atoms with Crippen LogP contribution >= 0.6 is 0 Å². The average molecular weight is 630 g/mol. The topological polar surface area (TPSA) is 58.5 Å². The SMILES string of the molecule is CC(C)(C)Nc1cc(N2CCCCC2)ccc1C1=CC2=CC=CC3=CC(c4ccc(N5CCCCC5)cc4NC(C)(C)C)=NC(=N1)N23. The van der Waals surface area contributed by atoms with Crippen LogP contribution in [-0.4, -0.2) is 53.8 Å². The van der Waals surface area contributed by atoms with Gasteiger partial charge in [-0.25, -0.2) is 9.98 Å². The van der Waals surface area contributed by atoms with Crippen LogP contribution in [0, 0.1) is 0 Å². The van der Waals surface area contributed by atoms with Crippen LogP contribution in [0.2, 0.25) is 0 Å². The Morgan fingerprint density at radius 2 is 1.17 bits per heavy atom. The second kappa shape index (κ2) is 12.4. The minimum absolute atomic E-state index is 0.0978. The Labute approximate surface area is 281 Å². The number of allylic oxidation sites excluding steroid dienone is 5. The number of nitrogens with one attached hydrogen (secondary N) is 2. The van der Waals surface area contributed by atoms with Gasteiger partial charge in [-0.05, 0) is 141 Å². The number of rotatable bonds is 6. The van der Waals surface area contributed by atoms with Gasteiger partial charge in [0.25, 0.3) is 0 Å². The van der Waals surface area contributed by atoms with Crippen LogP contribution in [0.3, 0.4) is 0 Å². The van der Waals surface area contributed by atoms with Crippen LogP contribution in [0.25, 0.3) is 5.70 Å². The summed E-state index contributed by atoms with van der Waals surface area (Å²) >= 11 is 0. The van der Waals surface area contributed by atoms with Crippen LogP contribution in [0.1, 0.15) is 91.2 Å². The lowest BCUT2D eigenvalue weighted by Crippen LogP contribution is -2.35. The van der Waals surface area contributed by atoms with E-state index in [0.717, 1.165) is 71.5 Å². The van der Waals surface area contributed by atoms with Gasteiger partial charge in [-0.1, -0.05) is 6.08 Å². The molecule has 0 spiro atoms. The van der Waals surface area contributed by atoms with Crippen LogP contribution < -0.4 is 20.4 Å². The van der Waals surface area contributed by atoms with E-state index < -0.39 is 0 Å². The minimum atomic E-state index is -0.0978. The first-order valence-electron chi connectivity index (χ1n) is 17.7. The van der Waals surface area contributed by atoms with Gasteiger partial charge in [0.2, 0.25) is 5.96 Å². The summed E-state index contributed by atoms with van der Waals surface area (Å²) in [5, 5.41) is 7.61. The van der Waals surface area contributed by atoms with E-state index in [1.807, 2.05) is 0 Å². The Bertz CT molecular complexity index is 1630. The zero-order chi connectivity index (χ0) is 32.8. The molecule has 5 aliphatic rings. The first kappa shape index (κ1) is 31.3. The van der Waals surface area contributed by atoms with Gasteiger partial charge in [0, 0.05) is 71.1 Å². The minimum Gasteiger partial charge on any atom is -0.380 e. The Kier molecular flexibility index (Phi) is 8.27. The highest BCUT2D eigenvalue weighted by atomic mass is 15.3. The molecular formula is C40H51N7. The van der Waals surface area contributed by atoms with E-state index in [-0.39, 0.29) is 11.1 Å². The third-order valence-electron chi connectivity index (χ3n) is 9.28. The molecule has 7 rings (SSSR count). The molecule has 0 saturated carbocycles. The van der Waals surface area contributed by atoms with Crippen molar-refractivity contribution in [2.75, 3.05) is 46.6 Å². The van der Waals surface area contributed by atoms with Gasteiger partial charge < -0.3 is 20.4 Å². The molecule has 2 N–H and O–H groups in total. The van der Waals surface area contributed by atoms with Crippen LogP contribution in [0.4, 0.5) is 22.7 Å². The highest BCUT2D eigenvalue weighted by Gasteiger charge is 2.31. The van der Waals surface area contributed by atoms with Gasteiger partial charge in [0.15, 0.2) is 0 Å². The number of anilines is 4. The number of hydrogen-bond donors (Lipinski definition) is 2. The Morgan fingerprint density at radius 1 is 0.617 bits per heavy atom. The van der Waals surface area contributed by atoms with E-state index >= 15 is 0 Å². The highest BCUT2D eigenvalue weighted by Crippen LogP contribution is 2.39. The first-order valence-corrected chi connectivity index (χ1v) is 17.7. The molecule has 0 aromatic heterocycles. The van der Waals surface area contributed by atoms with Crippen molar-refractivity contribution in [2.24, 2.45) is 9.98 Å². The van der Waals surface area contributed by atoms with Gasteiger partial charge in [-0.3, -0.25) is 4.90 Å². The molecule has 7 heteroatoms. The molecule has 2 aromatic rings.